The van der Waals surface area contributed by atoms with Crippen LogP contribution < -0.4 is 0 Å². The highest BCUT2D eigenvalue weighted by Gasteiger charge is 2.12. The van der Waals surface area contributed by atoms with Gasteiger partial charge in [-0.2, -0.15) is 0 Å². The second kappa shape index (κ2) is 5.53. The first kappa shape index (κ1) is 13.3. The summed E-state index contributed by atoms with van der Waals surface area (Å²) in [6, 6.07) is 0. The van der Waals surface area contributed by atoms with Crippen LogP contribution in [0.2, 0.25) is 0 Å². The maximum atomic E-state index is 4.05. The number of nitrogens with zero attached hydrogens (tertiary/aromatic N) is 1. The highest BCUT2D eigenvalue weighted by molar-refractivity contribution is 5.41. The first-order valence-electron chi connectivity index (χ1n) is 5.76. The van der Waals surface area contributed by atoms with Crippen LogP contribution >= 0.6 is 0 Å². The van der Waals surface area contributed by atoms with Crippen molar-refractivity contribution in [1.29, 1.82) is 0 Å². The van der Waals surface area contributed by atoms with Crippen molar-refractivity contribution in [2.24, 2.45) is 0 Å². The third kappa shape index (κ3) is 3.63. The normalized spacial score (nSPS) is 15.9. The summed E-state index contributed by atoms with van der Waals surface area (Å²) in [5.74, 6) is 0. The second-order valence-electron chi connectivity index (χ2n) is 4.66. The fraction of sp³-hybridized carbons (Fsp3) is 0.250. The Morgan fingerprint density at radius 3 is 2.47 bits per heavy atom. The summed E-state index contributed by atoms with van der Waals surface area (Å²) in [5, 5.41) is 0. The van der Waals surface area contributed by atoms with E-state index in [1.54, 1.807) is 0 Å². The lowest BCUT2D eigenvalue weighted by molar-refractivity contribution is 0.592. The van der Waals surface area contributed by atoms with Crippen LogP contribution in [0.25, 0.3) is 0 Å². The van der Waals surface area contributed by atoms with Crippen LogP contribution in [0.4, 0.5) is 0 Å². The van der Waals surface area contributed by atoms with Crippen LogP contribution in [0.5, 0.6) is 0 Å². The van der Waals surface area contributed by atoms with E-state index in [-0.39, 0.29) is 0 Å². The van der Waals surface area contributed by atoms with E-state index in [9.17, 15) is 0 Å². The molecule has 90 valence electrons. The fourth-order valence-corrected chi connectivity index (χ4v) is 1.81. The predicted molar refractivity (Wildman–Crippen MR) is 76.2 cm³/mol. The minimum Gasteiger partial charge on any atom is -0.318 e. The molecule has 0 bridgehead atoms. The third-order valence-electron chi connectivity index (χ3n) is 2.48. The summed E-state index contributed by atoms with van der Waals surface area (Å²) in [5.41, 5.74) is 5.53. The molecule has 1 nitrogen and oxygen atoms in total. The van der Waals surface area contributed by atoms with Gasteiger partial charge in [0.25, 0.3) is 0 Å². The topological polar surface area (TPSA) is 3.24 Å². The van der Waals surface area contributed by atoms with Crippen molar-refractivity contribution in [3.8, 4) is 0 Å². The van der Waals surface area contributed by atoms with Crippen LogP contribution in [-0.2, 0) is 0 Å². The van der Waals surface area contributed by atoms with E-state index >= 15 is 0 Å². The van der Waals surface area contributed by atoms with Crippen LogP contribution in [0, 0.1) is 0 Å². The van der Waals surface area contributed by atoms with Crippen molar-refractivity contribution in [3.05, 3.63) is 72.3 Å². The highest BCUT2D eigenvalue weighted by atomic mass is 15.1. The van der Waals surface area contributed by atoms with E-state index in [0.717, 1.165) is 29.0 Å². The number of hydrogen-bond acceptors (Lipinski definition) is 1. The molecule has 0 atom stereocenters. The Bertz CT molecular complexity index is 444. The molecule has 0 radical (unpaired) electrons. The molecule has 17 heavy (non-hydrogen) atoms. The van der Waals surface area contributed by atoms with Gasteiger partial charge in [-0.25, -0.2) is 0 Å². The molecular formula is C16H21N. The Balaban J connectivity index is 2.98. The zero-order valence-corrected chi connectivity index (χ0v) is 11.1. The molecular weight excluding hydrogens is 206 g/mol. The van der Waals surface area contributed by atoms with E-state index in [1.807, 2.05) is 26.0 Å². The lowest BCUT2D eigenvalue weighted by atomic mass is 10.1. The summed E-state index contributed by atoms with van der Waals surface area (Å²) >= 11 is 0. The predicted octanol–water partition coefficient (Wildman–Crippen LogP) is 4.70. The van der Waals surface area contributed by atoms with Gasteiger partial charge >= 0.3 is 0 Å². The van der Waals surface area contributed by atoms with E-state index in [1.165, 1.54) is 5.57 Å². The standard InChI is InChI=1S/C16H21N/c1-12(2)10-14(5)11-17-15(6)8-7-9-16(17)13(3)4/h7-9,11H,1,3,6,10H2,2,4-5H3/b14-11+. The van der Waals surface area contributed by atoms with Gasteiger partial charge in [0, 0.05) is 17.6 Å². The zero-order valence-electron chi connectivity index (χ0n) is 11.1. The summed E-state index contributed by atoms with van der Waals surface area (Å²) in [6.45, 7) is 18.1. The Morgan fingerprint density at radius 1 is 1.29 bits per heavy atom. The Hall–Kier alpha value is -1.76. The molecule has 1 aliphatic rings. The minimum atomic E-state index is 0.914. The third-order valence-corrected chi connectivity index (χ3v) is 2.48. The molecule has 1 heterocycles. The van der Waals surface area contributed by atoms with E-state index < -0.39 is 0 Å². The van der Waals surface area contributed by atoms with Crippen LogP contribution in [-0.4, -0.2) is 4.90 Å². The van der Waals surface area contributed by atoms with Gasteiger partial charge in [0.05, 0.1) is 0 Å². The average Bonchev–Trinajstić information content (AvgIpc) is 2.19. The monoisotopic (exact) mass is 227 g/mol. The van der Waals surface area contributed by atoms with Gasteiger partial charge in [0.2, 0.25) is 0 Å². The molecule has 0 aromatic rings. The lowest BCUT2D eigenvalue weighted by Crippen LogP contribution is -2.17. The molecule has 1 aliphatic heterocycles. The SMILES string of the molecule is C=C(C)C/C(C)=C/N1C(=C)C=CC=C1C(=C)C. The summed E-state index contributed by atoms with van der Waals surface area (Å²) in [7, 11) is 0. The molecule has 1 rings (SSSR count). The maximum Gasteiger partial charge on any atom is 0.0478 e. The van der Waals surface area contributed by atoms with Crippen molar-refractivity contribution >= 4 is 0 Å². The highest BCUT2D eigenvalue weighted by Crippen LogP contribution is 2.25. The van der Waals surface area contributed by atoms with Crippen molar-refractivity contribution < 1.29 is 0 Å². The minimum absolute atomic E-state index is 0.914. The molecule has 0 saturated carbocycles. The molecule has 0 aromatic heterocycles. The number of rotatable bonds is 4. The van der Waals surface area contributed by atoms with Crippen LogP contribution in [0.3, 0.4) is 0 Å². The van der Waals surface area contributed by atoms with Gasteiger partial charge in [0.15, 0.2) is 0 Å². The first-order valence-corrected chi connectivity index (χ1v) is 5.76. The van der Waals surface area contributed by atoms with Gasteiger partial charge in [-0.1, -0.05) is 37.0 Å². The largest absolute Gasteiger partial charge is 0.318 e. The van der Waals surface area contributed by atoms with Gasteiger partial charge in [0.1, 0.15) is 0 Å². The summed E-state index contributed by atoms with van der Waals surface area (Å²) in [6.07, 6.45) is 9.08. The quantitative estimate of drug-likeness (QED) is 0.629. The van der Waals surface area contributed by atoms with Gasteiger partial charge in [-0.15, -0.1) is 0 Å². The fourth-order valence-electron chi connectivity index (χ4n) is 1.81. The van der Waals surface area contributed by atoms with E-state index in [2.05, 4.69) is 43.8 Å². The molecule has 0 amide bonds. The molecule has 0 aromatic carbocycles. The van der Waals surface area contributed by atoms with E-state index in [0.29, 0.717) is 0 Å². The van der Waals surface area contributed by atoms with E-state index in [4.69, 9.17) is 0 Å². The maximum absolute atomic E-state index is 4.05. The van der Waals surface area contributed by atoms with Gasteiger partial charge < -0.3 is 4.90 Å². The molecule has 1 heteroatoms. The number of hydrogen-bond donors (Lipinski definition) is 0. The molecule has 0 saturated heterocycles. The molecule has 0 unspecified atom stereocenters. The Kier molecular flexibility index (Phi) is 4.33. The Morgan fingerprint density at radius 2 is 1.94 bits per heavy atom. The molecule has 0 N–H and O–H groups in total. The van der Waals surface area contributed by atoms with Crippen LogP contribution in [0.1, 0.15) is 27.2 Å². The second-order valence-corrected chi connectivity index (χ2v) is 4.66. The van der Waals surface area contributed by atoms with Crippen molar-refractivity contribution in [3.63, 3.8) is 0 Å². The molecule has 0 fully saturated rings. The number of allylic oxidation sites excluding steroid dienone is 6. The van der Waals surface area contributed by atoms with Crippen molar-refractivity contribution in [2.75, 3.05) is 0 Å². The van der Waals surface area contributed by atoms with Gasteiger partial charge in [-0.3, -0.25) is 0 Å². The molecule has 0 spiro atoms. The first-order chi connectivity index (χ1) is 7.91. The van der Waals surface area contributed by atoms with Crippen molar-refractivity contribution in [2.45, 2.75) is 27.2 Å². The average molecular weight is 227 g/mol. The van der Waals surface area contributed by atoms with Crippen LogP contribution in [0.15, 0.2) is 72.3 Å². The summed E-state index contributed by atoms with van der Waals surface area (Å²) < 4.78 is 0. The lowest BCUT2D eigenvalue weighted by Gasteiger charge is -2.27. The zero-order chi connectivity index (χ0) is 13.0. The molecule has 0 aliphatic carbocycles. The van der Waals surface area contributed by atoms with Gasteiger partial charge in [-0.05, 0) is 44.9 Å². The Labute approximate surface area is 105 Å². The summed E-state index contributed by atoms with van der Waals surface area (Å²) in [4.78, 5) is 2.08. The smallest absolute Gasteiger partial charge is 0.0478 e. The van der Waals surface area contributed by atoms with Crippen molar-refractivity contribution in [1.82, 2.24) is 4.90 Å².